The molecule has 0 spiro atoms. The van der Waals surface area contributed by atoms with Gasteiger partial charge in [0.1, 0.15) is 12.4 Å². The van der Waals surface area contributed by atoms with Gasteiger partial charge in [0.2, 0.25) is 0 Å². The third kappa shape index (κ3) is 3.71. The summed E-state index contributed by atoms with van der Waals surface area (Å²) in [4.78, 5) is 12.2. The Morgan fingerprint density at radius 3 is 2.80 bits per heavy atom. The minimum Gasteiger partial charge on any atom is -0.489 e. The van der Waals surface area contributed by atoms with Crippen molar-refractivity contribution in [3.05, 3.63) is 71.2 Å². The van der Waals surface area contributed by atoms with Gasteiger partial charge in [0.25, 0.3) is 5.91 Å². The van der Waals surface area contributed by atoms with Crippen LogP contribution >= 0.6 is 15.9 Å². The number of anilines is 1. The molecule has 2 aromatic carbocycles. The van der Waals surface area contributed by atoms with E-state index in [1.54, 1.807) is 18.2 Å². The maximum absolute atomic E-state index is 12.2. The highest BCUT2D eigenvalue weighted by Crippen LogP contribution is 2.20. The lowest BCUT2D eigenvalue weighted by molar-refractivity contribution is 0.102. The van der Waals surface area contributed by atoms with Crippen LogP contribution < -0.4 is 10.1 Å². The first kappa shape index (κ1) is 14.3. The minimum atomic E-state index is -0.168. The van der Waals surface area contributed by atoms with Crippen molar-refractivity contribution in [2.24, 2.45) is 0 Å². The molecule has 0 saturated heterocycles. The summed E-state index contributed by atoms with van der Waals surface area (Å²) in [6.07, 6.45) is 1.67. The number of nitrogens with one attached hydrogen (secondary N) is 1. The molecular weight excluding hydrogens is 318 g/mol. The Morgan fingerprint density at radius 2 is 2.05 bits per heavy atom. The fourth-order valence-corrected chi connectivity index (χ4v) is 2.13. The molecule has 1 amide bonds. The smallest absolute Gasteiger partial charge is 0.256 e. The molecule has 0 aliphatic rings. The number of carbonyl (C=O) groups excluding carboxylic acids is 1. The maximum Gasteiger partial charge on any atom is 0.256 e. The highest BCUT2D eigenvalue weighted by Gasteiger charge is 2.09. The second kappa shape index (κ2) is 6.91. The Balaban J connectivity index is 2.12. The van der Waals surface area contributed by atoms with Crippen molar-refractivity contribution in [2.75, 3.05) is 11.9 Å². The zero-order chi connectivity index (χ0) is 14.4. The average Bonchev–Trinajstić information content (AvgIpc) is 2.46. The highest BCUT2D eigenvalue weighted by atomic mass is 79.9. The lowest BCUT2D eigenvalue weighted by Crippen LogP contribution is -2.12. The van der Waals surface area contributed by atoms with E-state index in [2.05, 4.69) is 27.8 Å². The van der Waals surface area contributed by atoms with Gasteiger partial charge < -0.3 is 10.1 Å². The lowest BCUT2D eigenvalue weighted by atomic mass is 10.2. The van der Waals surface area contributed by atoms with Gasteiger partial charge in [-0.15, -0.1) is 0 Å². The molecule has 0 saturated carbocycles. The van der Waals surface area contributed by atoms with E-state index in [4.69, 9.17) is 4.74 Å². The van der Waals surface area contributed by atoms with E-state index in [-0.39, 0.29) is 5.91 Å². The van der Waals surface area contributed by atoms with Gasteiger partial charge >= 0.3 is 0 Å². The molecule has 2 rings (SSSR count). The standard InChI is InChI=1S/C16H14BrNO2/c1-2-10-20-13-7-5-6-12(11-13)18-16(19)14-8-3-4-9-15(14)17/h2-9,11H,1,10H2,(H,18,19). The third-order valence-corrected chi connectivity index (χ3v) is 3.27. The van der Waals surface area contributed by atoms with E-state index >= 15 is 0 Å². The fraction of sp³-hybridized carbons (Fsp3) is 0.0625. The second-order valence-electron chi connectivity index (χ2n) is 4.06. The Bertz CT molecular complexity index is 625. The van der Waals surface area contributed by atoms with E-state index < -0.39 is 0 Å². The SMILES string of the molecule is C=CCOc1cccc(NC(=O)c2ccccc2Br)c1. The molecule has 0 heterocycles. The van der Waals surface area contributed by atoms with Crippen molar-refractivity contribution in [3.8, 4) is 5.75 Å². The number of amides is 1. The Morgan fingerprint density at radius 1 is 1.25 bits per heavy atom. The number of hydrogen-bond acceptors (Lipinski definition) is 2. The van der Waals surface area contributed by atoms with Crippen LogP contribution in [0.5, 0.6) is 5.75 Å². The molecular formula is C16H14BrNO2. The quantitative estimate of drug-likeness (QED) is 0.831. The second-order valence-corrected chi connectivity index (χ2v) is 4.92. The van der Waals surface area contributed by atoms with Crippen LogP contribution in [-0.4, -0.2) is 12.5 Å². The number of rotatable bonds is 5. The fourth-order valence-electron chi connectivity index (χ4n) is 1.66. The van der Waals surface area contributed by atoms with Gasteiger partial charge in [0.05, 0.1) is 5.56 Å². The topological polar surface area (TPSA) is 38.3 Å². The average molecular weight is 332 g/mol. The normalized spacial score (nSPS) is 9.85. The summed E-state index contributed by atoms with van der Waals surface area (Å²) in [5, 5.41) is 2.84. The van der Waals surface area contributed by atoms with Crippen LogP contribution in [0.4, 0.5) is 5.69 Å². The van der Waals surface area contributed by atoms with E-state index in [1.165, 1.54) is 0 Å². The summed E-state index contributed by atoms with van der Waals surface area (Å²) in [6, 6.07) is 14.5. The van der Waals surface area contributed by atoms with Crippen LogP contribution in [0.2, 0.25) is 0 Å². The van der Waals surface area contributed by atoms with Crippen LogP contribution in [0.15, 0.2) is 65.7 Å². The lowest BCUT2D eigenvalue weighted by Gasteiger charge is -2.09. The monoisotopic (exact) mass is 331 g/mol. The number of halogens is 1. The summed E-state index contributed by atoms with van der Waals surface area (Å²) in [5.74, 6) is 0.521. The van der Waals surface area contributed by atoms with Crippen molar-refractivity contribution in [1.29, 1.82) is 0 Å². The largest absolute Gasteiger partial charge is 0.489 e. The van der Waals surface area contributed by atoms with Gasteiger partial charge in [0.15, 0.2) is 0 Å². The van der Waals surface area contributed by atoms with Gasteiger partial charge in [-0.1, -0.05) is 30.9 Å². The molecule has 0 radical (unpaired) electrons. The zero-order valence-corrected chi connectivity index (χ0v) is 12.4. The van der Waals surface area contributed by atoms with Crippen molar-refractivity contribution < 1.29 is 9.53 Å². The summed E-state index contributed by atoms with van der Waals surface area (Å²) in [7, 11) is 0. The van der Waals surface area contributed by atoms with Crippen molar-refractivity contribution in [2.45, 2.75) is 0 Å². The van der Waals surface area contributed by atoms with E-state index in [1.807, 2.05) is 36.4 Å². The molecule has 102 valence electrons. The van der Waals surface area contributed by atoms with E-state index in [0.29, 0.717) is 23.6 Å². The van der Waals surface area contributed by atoms with Crippen LogP contribution in [0.3, 0.4) is 0 Å². The molecule has 20 heavy (non-hydrogen) atoms. The molecule has 0 aromatic heterocycles. The number of ether oxygens (including phenoxy) is 1. The van der Waals surface area contributed by atoms with Crippen LogP contribution in [0, 0.1) is 0 Å². The van der Waals surface area contributed by atoms with Gasteiger partial charge in [-0.05, 0) is 40.2 Å². The van der Waals surface area contributed by atoms with Gasteiger partial charge in [0, 0.05) is 16.2 Å². The van der Waals surface area contributed by atoms with Crippen molar-refractivity contribution in [1.82, 2.24) is 0 Å². The van der Waals surface area contributed by atoms with Gasteiger partial charge in [-0.3, -0.25) is 4.79 Å². The maximum atomic E-state index is 12.2. The van der Waals surface area contributed by atoms with E-state index in [9.17, 15) is 4.79 Å². The van der Waals surface area contributed by atoms with Crippen molar-refractivity contribution in [3.63, 3.8) is 0 Å². The molecule has 0 unspecified atom stereocenters. The minimum absolute atomic E-state index is 0.168. The molecule has 2 aromatic rings. The van der Waals surface area contributed by atoms with Gasteiger partial charge in [-0.2, -0.15) is 0 Å². The molecule has 0 bridgehead atoms. The van der Waals surface area contributed by atoms with E-state index in [0.717, 1.165) is 4.47 Å². The highest BCUT2D eigenvalue weighted by molar-refractivity contribution is 9.10. The molecule has 0 fully saturated rings. The molecule has 0 atom stereocenters. The third-order valence-electron chi connectivity index (χ3n) is 2.58. The molecule has 0 aliphatic heterocycles. The van der Waals surface area contributed by atoms with Crippen LogP contribution in [0.25, 0.3) is 0 Å². The predicted octanol–water partition coefficient (Wildman–Crippen LogP) is 4.27. The molecule has 1 N–H and O–H groups in total. The molecule has 0 aliphatic carbocycles. The Hall–Kier alpha value is -2.07. The number of benzene rings is 2. The van der Waals surface area contributed by atoms with Crippen molar-refractivity contribution >= 4 is 27.5 Å². The first-order valence-corrected chi connectivity index (χ1v) is 6.89. The number of carbonyl (C=O) groups is 1. The summed E-state index contributed by atoms with van der Waals surface area (Å²) >= 11 is 3.36. The first-order chi connectivity index (χ1) is 9.70. The van der Waals surface area contributed by atoms with Gasteiger partial charge in [-0.25, -0.2) is 0 Å². The Kier molecular flexibility index (Phi) is 4.96. The van der Waals surface area contributed by atoms with Crippen LogP contribution in [-0.2, 0) is 0 Å². The predicted molar refractivity (Wildman–Crippen MR) is 84.2 cm³/mol. The summed E-state index contributed by atoms with van der Waals surface area (Å²) in [5.41, 5.74) is 1.28. The molecule has 4 heteroatoms. The summed E-state index contributed by atoms with van der Waals surface area (Å²) < 4.78 is 6.19. The Labute approximate surface area is 126 Å². The zero-order valence-electron chi connectivity index (χ0n) is 10.8. The molecule has 3 nitrogen and oxygen atoms in total. The van der Waals surface area contributed by atoms with Crippen LogP contribution in [0.1, 0.15) is 10.4 Å². The summed E-state index contributed by atoms with van der Waals surface area (Å²) in [6.45, 7) is 4.03. The number of hydrogen-bond donors (Lipinski definition) is 1. The first-order valence-electron chi connectivity index (χ1n) is 6.10.